The minimum Gasteiger partial charge on any atom is -0.318 e. The molecule has 0 aliphatic heterocycles. The summed E-state index contributed by atoms with van der Waals surface area (Å²) in [6.07, 6.45) is 0.355. The number of aromatic nitrogens is 1. The van der Waals surface area contributed by atoms with Gasteiger partial charge in [-0.25, -0.2) is 10.1 Å². The van der Waals surface area contributed by atoms with Gasteiger partial charge in [0.25, 0.3) is 7.52 Å². The van der Waals surface area contributed by atoms with Gasteiger partial charge in [0.2, 0.25) is 0 Å². The van der Waals surface area contributed by atoms with Gasteiger partial charge < -0.3 is 4.52 Å². The Morgan fingerprint density at radius 3 is 2.38 bits per heavy atom. The molecule has 0 saturated carbocycles. The van der Waals surface area contributed by atoms with E-state index in [0.29, 0.717) is 19.3 Å². The molecule has 0 radical (unpaired) electrons. The zero-order valence-electron chi connectivity index (χ0n) is 16.2. The molecule has 148 valence electrons. The molecule has 0 aliphatic carbocycles. The fraction of sp³-hybridized carbons (Fsp3) is 0.174. The number of para-hydroxylation sites is 1. The van der Waals surface area contributed by atoms with Crippen molar-refractivity contribution in [3.63, 3.8) is 0 Å². The van der Waals surface area contributed by atoms with Gasteiger partial charge in [-0.2, -0.15) is 0 Å². The van der Waals surface area contributed by atoms with Crippen molar-refractivity contribution in [3.05, 3.63) is 90.0 Å². The van der Waals surface area contributed by atoms with Crippen LogP contribution in [0.15, 0.2) is 78.9 Å². The van der Waals surface area contributed by atoms with Crippen LogP contribution < -0.4 is 5.09 Å². The number of hydrogen-bond donors (Lipinski definition) is 1. The number of nitrogens with one attached hydrogen (secondary N) is 1. The molecule has 4 nitrogen and oxygen atoms in total. The molecule has 0 fully saturated rings. The zero-order chi connectivity index (χ0) is 20.1. The van der Waals surface area contributed by atoms with Crippen LogP contribution in [0, 0.1) is 0 Å². The molecular formula is C23H23N2O2PS. The summed E-state index contributed by atoms with van der Waals surface area (Å²) in [5, 5.41) is 4.14. The molecule has 0 bridgehead atoms. The lowest BCUT2D eigenvalue weighted by Crippen LogP contribution is -2.14. The Labute approximate surface area is 175 Å². The van der Waals surface area contributed by atoms with Crippen LogP contribution in [0.2, 0.25) is 0 Å². The summed E-state index contributed by atoms with van der Waals surface area (Å²) in [5.74, 6) is 0. The lowest BCUT2D eigenvalue weighted by Gasteiger charge is -2.19. The maximum Gasteiger partial charge on any atom is 0.274 e. The van der Waals surface area contributed by atoms with Gasteiger partial charge in [-0.1, -0.05) is 66.7 Å². The number of nitrogens with zero attached hydrogens (tertiary/aromatic N) is 1. The van der Waals surface area contributed by atoms with Crippen molar-refractivity contribution >= 4 is 29.1 Å². The van der Waals surface area contributed by atoms with Crippen LogP contribution in [0.3, 0.4) is 0 Å². The Morgan fingerprint density at radius 2 is 1.66 bits per heavy atom. The second-order valence-electron chi connectivity index (χ2n) is 6.75. The number of hydrogen-bond acceptors (Lipinski definition) is 4. The van der Waals surface area contributed by atoms with Crippen LogP contribution in [-0.2, 0) is 21.8 Å². The van der Waals surface area contributed by atoms with Gasteiger partial charge in [-0.15, -0.1) is 11.3 Å². The molecule has 1 N–H and O–H groups in total. The van der Waals surface area contributed by atoms with Crippen molar-refractivity contribution in [2.45, 2.75) is 19.6 Å². The summed E-state index contributed by atoms with van der Waals surface area (Å²) < 4.78 is 20.1. The third-order valence-electron chi connectivity index (χ3n) is 4.59. The third-order valence-corrected chi connectivity index (χ3v) is 7.77. The van der Waals surface area contributed by atoms with E-state index in [2.05, 4.69) is 11.2 Å². The molecular weight excluding hydrogens is 399 g/mol. The number of fused-ring (bicyclic) bond motifs is 1. The van der Waals surface area contributed by atoms with Crippen LogP contribution in [0.25, 0.3) is 20.8 Å². The molecule has 1 heterocycles. The number of thiazole rings is 1. The fourth-order valence-electron chi connectivity index (χ4n) is 3.15. The first-order valence-corrected chi connectivity index (χ1v) is 12.3. The quantitative estimate of drug-likeness (QED) is 0.330. The molecule has 4 rings (SSSR count). The largest absolute Gasteiger partial charge is 0.318 e. The maximum atomic E-state index is 13.3. The van der Waals surface area contributed by atoms with E-state index in [1.165, 1.54) is 4.70 Å². The minimum atomic E-state index is -2.98. The van der Waals surface area contributed by atoms with E-state index in [-0.39, 0.29) is 0 Å². The van der Waals surface area contributed by atoms with Gasteiger partial charge in [-0.05, 0) is 30.2 Å². The molecule has 29 heavy (non-hydrogen) atoms. The first-order chi connectivity index (χ1) is 14.1. The highest BCUT2D eigenvalue weighted by Gasteiger charge is 2.23. The van der Waals surface area contributed by atoms with Crippen LogP contribution in [0.1, 0.15) is 18.1 Å². The van der Waals surface area contributed by atoms with Gasteiger partial charge in [0, 0.05) is 12.1 Å². The fourth-order valence-corrected chi connectivity index (χ4v) is 5.95. The van der Waals surface area contributed by atoms with Crippen molar-refractivity contribution in [1.82, 2.24) is 10.1 Å². The van der Waals surface area contributed by atoms with E-state index < -0.39 is 7.52 Å². The van der Waals surface area contributed by atoms with Gasteiger partial charge in [0.1, 0.15) is 5.01 Å². The van der Waals surface area contributed by atoms with Crippen LogP contribution in [0.4, 0.5) is 0 Å². The van der Waals surface area contributed by atoms with Crippen molar-refractivity contribution in [2.75, 3.05) is 6.61 Å². The van der Waals surface area contributed by atoms with Gasteiger partial charge in [0.15, 0.2) is 0 Å². The van der Waals surface area contributed by atoms with Crippen molar-refractivity contribution in [2.24, 2.45) is 0 Å². The average molecular weight is 422 g/mol. The van der Waals surface area contributed by atoms with Crippen molar-refractivity contribution in [1.29, 1.82) is 0 Å². The molecule has 0 amide bonds. The Hall–Kier alpha value is -2.30. The van der Waals surface area contributed by atoms with Crippen LogP contribution >= 0.6 is 18.9 Å². The summed E-state index contributed by atoms with van der Waals surface area (Å²) in [6.45, 7) is 2.79. The molecule has 1 aromatic heterocycles. The SMILES string of the molecule is CCOP(=O)(Cc1ccc(-c2nc3ccccc3s2)cc1)NCc1ccccc1. The lowest BCUT2D eigenvalue weighted by atomic mass is 10.2. The first-order valence-electron chi connectivity index (χ1n) is 9.63. The molecule has 0 saturated heterocycles. The second-order valence-corrected chi connectivity index (χ2v) is 10.0. The molecule has 0 spiro atoms. The van der Waals surface area contributed by atoms with E-state index in [4.69, 9.17) is 9.51 Å². The summed E-state index contributed by atoms with van der Waals surface area (Å²) in [7, 11) is -2.98. The Kier molecular flexibility index (Phi) is 6.22. The molecule has 1 atom stereocenters. The van der Waals surface area contributed by atoms with Crippen molar-refractivity contribution in [3.8, 4) is 10.6 Å². The highest BCUT2D eigenvalue weighted by Crippen LogP contribution is 2.46. The van der Waals surface area contributed by atoms with E-state index in [9.17, 15) is 4.57 Å². The van der Waals surface area contributed by atoms with Gasteiger partial charge in [-0.3, -0.25) is 4.57 Å². The predicted molar refractivity (Wildman–Crippen MR) is 121 cm³/mol. The van der Waals surface area contributed by atoms with Crippen LogP contribution in [0.5, 0.6) is 0 Å². The van der Waals surface area contributed by atoms with E-state index >= 15 is 0 Å². The summed E-state index contributed by atoms with van der Waals surface area (Å²) in [4.78, 5) is 4.71. The normalized spacial score (nSPS) is 13.4. The highest BCUT2D eigenvalue weighted by molar-refractivity contribution is 7.56. The molecule has 0 aliphatic rings. The topological polar surface area (TPSA) is 51.2 Å². The average Bonchev–Trinajstić information content (AvgIpc) is 3.18. The number of rotatable bonds is 8. The van der Waals surface area contributed by atoms with Gasteiger partial charge in [0.05, 0.1) is 23.0 Å². The zero-order valence-corrected chi connectivity index (χ0v) is 18.0. The molecule has 6 heteroatoms. The summed E-state index contributed by atoms with van der Waals surface area (Å²) in [5.41, 5.74) is 4.15. The molecule has 1 unspecified atom stereocenters. The van der Waals surface area contributed by atoms with Crippen molar-refractivity contribution < 1.29 is 9.09 Å². The third kappa shape index (κ3) is 5.01. The van der Waals surface area contributed by atoms with E-state index in [1.807, 2.05) is 79.7 Å². The summed E-state index contributed by atoms with van der Waals surface area (Å²) >= 11 is 1.68. The number of benzene rings is 3. The predicted octanol–water partition coefficient (Wildman–Crippen LogP) is 6.48. The molecule has 3 aromatic carbocycles. The monoisotopic (exact) mass is 422 g/mol. The van der Waals surface area contributed by atoms with E-state index in [1.54, 1.807) is 11.3 Å². The van der Waals surface area contributed by atoms with Crippen LogP contribution in [-0.4, -0.2) is 11.6 Å². The lowest BCUT2D eigenvalue weighted by molar-refractivity contribution is 0.323. The Bertz CT molecular complexity index is 1090. The highest BCUT2D eigenvalue weighted by atomic mass is 32.1. The van der Waals surface area contributed by atoms with Gasteiger partial charge >= 0.3 is 0 Å². The Balaban J connectivity index is 1.48. The standard InChI is InChI=1S/C23H23N2O2PS/c1-2-27-28(26,24-16-18-8-4-3-5-9-18)17-19-12-14-20(15-13-19)23-25-21-10-6-7-11-22(21)29-23/h3-15H,2,16-17H2,1H3,(H,24,26). The minimum absolute atomic E-state index is 0.355. The maximum absolute atomic E-state index is 13.3. The second kappa shape index (κ2) is 9.02. The molecule has 4 aromatic rings. The Morgan fingerprint density at radius 1 is 0.931 bits per heavy atom. The smallest absolute Gasteiger partial charge is 0.274 e. The van der Waals surface area contributed by atoms with E-state index in [0.717, 1.165) is 27.2 Å². The summed E-state index contributed by atoms with van der Waals surface area (Å²) in [6, 6.07) is 26.2. The first kappa shape index (κ1) is 20.0.